The molecule has 0 amide bonds. The van der Waals surface area contributed by atoms with Crippen LogP contribution in [0.2, 0.25) is 0 Å². The maximum Gasteiger partial charge on any atom is 0.0291 e. The molecule has 2 N–H and O–H groups in total. The summed E-state index contributed by atoms with van der Waals surface area (Å²) < 4.78 is 0. The number of hydrogen-bond acceptors (Lipinski definition) is 2. The quantitative estimate of drug-likeness (QED) is 0.810. The van der Waals surface area contributed by atoms with E-state index in [1.165, 1.54) is 31.5 Å². The molecule has 1 heterocycles. The van der Waals surface area contributed by atoms with Gasteiger partial charge in [0.25, 0.3) is 0 Å². The van der Waals surface area contributed by atoms with Crippen molar-refractivity contribution in [2.45, 2.75) is 25.8 Å². The molecule has 0 radical (unpaired) electrons. The van der Waals surface area contributed by atoms with Crippen LogP contribution in [0, 0.1) is 5.92 Å². The summed E-state index contributed by atoms with van der Waals surface area (Å²) in [5.74, 6) is 0.854. The second-order valence-corrected chi connectivity index (χ2v) is 4.73. The molecule has 0 aliphatic carbocycles. The minimum Gasteiger partial charge on any atom is -0.317 e. The average Bonchev–Trinajstić information content (AvgIpc) is 2.38. The van der Waals surface area contributed by atoms with Gasteiger partial charge in [0.05, 0.1) is 0 Å². The monoisotopic (exact) mass is 218 g/mol. The van der Waals surface area contributed by atoms with Crippen molar-refractivity contribution in [3.05, 3.63) is 35.9 Å². The van der Waals surface area contributed by atoms with Crippen molar-refractivity contribution >= 4 is 0 Å². The van der Waals surface area contributed by atoms with Gasteiger partial charge in [-0.25, -0.2) is 0 Å². The third-order valence-electron chi connectivity index (χ3n) is 3.47. The second-order valence-electron chi connectivity index (χ2n) is 4.73. The predicted molar refractivity (Wildman–Crippen MR) is 68.5 cm³/mol. The fourth-order valence-electron chi connectivity index (χ4n) is 2.29. The molecule has 1 saturated heterocycles. The smallest absolute Gasteiger partial charge is 0.0291 e. The highest BCUT2D eigenvalue weighted by Gasteiger charge is 2.13. The lowest BCUT2D eigenvalue weighted by Gasteiger charge is -2.25. The van der Waals surface area contributed by atoms with Gasteiger partial charge in [-0.1, -0.05) is 30.3 Å². The summed E-state index contributed by atoms with van der Waals surface area (Å²) in [5.41, 5.74) is 1.39. The van der Waals surface area contributed by atoms with Crippen molar-refractivity contribution in [1.82, 2.24) is 10.6 Å². The van der Waals surface area contributed by atoms with Gasteiger partial charge in [0.2, 0.25) is 0 Å². The van der Waals surface area contributed by atoms with Crippen LogP contribution in [0.1, 0.15) is 31.4 Å². The number of hydrogen-bond donors (Lipinski definition) is 2. The molecule has 1 atom stereocenters. The Morgan fingerprint density at radius 1 is 1.25 bits per heavy atom. The van der Waals surface area contributed by atoms with E-state index in [-0.39, 0.29) is 0 Å². The van der Waals surface area contributed by atoms with E-state index in [2.05, 4.69) is 47.9 Å². The fraction of sp³-hybridized carbons (Fsp3) is 0.571. The lowest BCUT2D eigenvalue weighted by Crippen LogP contribution is -2.34. The molecule has 0 aromatic heterocycles. The van der Waals surface area contributed by atoms with Gasteiger partial charge in [0.1, 0.15) is 0 Å². The number of piperidine rings is 1. The molecule has 1 aliphatic rings. The van der Waals surface area contributed by atoms with Crippen molar-refractivity contribution < 1.29 is 0 Å². The van der Waals surface area contributed by atoms with Crippen LogP contribution < -0.4 is 10.6 Å². The SMILES string of the molecule is C[C@H](NCC1CCNCC1)c1ccccc1. The summed E-state index contributed by atoms with van der Waals surface area (Å²) >= 11 is 0. The third kappa shape index (κ3) is 3.32. The zero-order valence-corrected chi connectivity index (χ0v) is 10.1. The normalized spacial score (nSPS) is 19.6. The Kier molecular flexibility index (Phi) is 4.37. The maximum atomic E-state index is 3.64. The third-order valence-corrected chi connectivity index (χ3v) is 3.47. The first-order valence-electron chi connectivity index (χ1n) is 6.35. The van der Waals surface area contributed by atoms with E-state index < -0.39 is 0 Å². The number of benzene rings is 1. The van der Waals surface area contributed by atoms with Gasteiger partial charge in [-0.15, -0.1) is 0 Å². The average molecular weight is 218 g/mol. The van der Waals surface area contributed by atoms with E-state index in [4.69, 9.17) is 0 Å². The first-order chi connectivity index (χ1) is 7.86. The minimum absolute atomic E-state index is 0.469. The van der Waals surface area contributed by atoms with Crippen LogP contribution in [0.25, 0.3) is 0 Å². The Bertz CT molecular complexity index is 291. The fourth-order valence-corrected chi connectivity index (χ4v) is 2.29. The molecule has 16 heavy (non-hydrogen) atoms. The van der Waals surface area contributed by atoms with E-state index in [1.54, 1.807) is 0 Å². The highest BCUT2D eigenvalue weighted by atomic mass is 14.9. The van der Waals surface area contributed by atoms with Crippen molar-refractivity contribution in [2.24, 2.45) is 5.92 Å². The first kappa shape index (κ1) is 11.6. The highest BCUT2D eigenvalue weighted by molar-refractivity contribution is 5.17. The number of rotatable bonds is 4. The molecular formula is C14H22N2. The number of nitrogens with one attached hydrogen (secondary N) is 2. The lowest BCUT2D eigenvalue weighted by atomic mass is 9.97. The summed E-state index contributed by atoms with van der Waals surface area (Å²) in [7, 11) is 0. The molecule has 1 aromatic carbocycles. The summed E-state index contributed by atoms with van der Waals surface area (Å²) in [6.07, 6.45) is 2.63. The zero-order chi connectivity index (χ0) is 11.2. The van der Waals surface area contributed by atoms with Crippen LogP contribution in [0.3, 0.4) is 0 Å². The van der Waals surface area contributed by atoms with E-state index in [1.807, 2.05) is 0 Å². The van der Waals surface area contributed by atoms with Crippen LogP contribution in [0.4, 0.5) is 0 Å². The standard InChI is InChI=1S/C14H22N2/c1-12(14-5-3-2-4-6-14)16-11-13-7-9-15-10-8-13/h2-6,12-13,15-16H,7-11H2,1H3/t12-/m0/s1. The summed E-state index contributed by atoms with van der Waals surface area (Å²) in [6, 6.07) is 11.1. The Labute approximate surface area is 98.4 Å². The maximum absolute atomic E-state index is 3.64. The highest BCUT2D eigenvalue weighted by Crippen LogP contribution is 2.14. The minimum atomic E-state index is 0.469. The van der Waals surface area contributed by atoms with Crippen LogP contribution in [-0.2, 0) is 0 Å². The topological polar surface area (TPSA) is 24.1 Å². The van der Waals surface area contributed by atoms with Crippen molar-refractivity contribution in [2.75, 3.05) is 19.6 Å². The molecule has 0 spiro atoms. The summed E-state index contributed by atoms with van der Waals surface area (Å²) in [6.45, 7) is 5.77. The van der Waals surface area contributed by atoms with E-state index in [0.29, 0.717) is 6.04 Å². The van der Waals surface area contributed by atoms with Gasteiger partial charge >= 0.3 is 0 Å². The molecule has 1 fully saturated rings. The van der Waals surface area contributed by atoms with E-state index >= 15 is 0 Å². The molecule has 0 saturated carbocycles. The molecule has 0 unspecified atom stereocenters. The molecule has 1 aromatic rings. The van der Waals surface area contributed by atoms with Gasteiger partial charge < -0.3 is 10.6 Å². The van der Waals surface area contributed by atoms with Crippen LogP contribution in [-0.4, -0.2) is 19.6 Å². The summed E-state index contributed by atoms with van der Waals surface area (Å²) in [4.78, 5) is 0. The molecule has 2 heteroatoms. The van der Waals surface area contributed by atoms with Gasteiger partial charge in [0.15, 0.2) is 0 Å². The molecule has 1 aliphatic heterocycles. The first-order valence-corrected chi connectivity index (χ1v) is 6.35. The molecule has 88 valence electrons. The Balaban J connectivity index is 1.77. The van der Waals surface area contributed by atoms with Crippen molar-refractivity contribution in [3.8, 4) is 0 Å². The second kappa shape index (κ2) is 6.02. The predicted octanol–water partition coefficient (Wildman–Crippen LogP) is 2.34. The van der Waals surface area contributed by atoms with Gasteiger partial charge in [0, 0.05) is 6.04 Å². The summed E-state index contributed by atoms with van der Waals surface area (Å²) in [5, 5.41) is 7.05. The van der Waals surface area contributed by atoms with Crippen molar-refractivity contribution in [1.29, 1.82) is 0 Å². The van der Waals surface area contributed by atoms with E-state index in [0.717, 1.165) is 12.5 Å². The van der Waals surface area contributed by atoms with Crippen LogP contribution in [0.5, 0.6) is 0 Å². The van der Waals surface area contributed by atoms with Crippen LogP contribution >= 0.6 is 0 Å². The molecule has 2 nitrogen and oxygen atoms in total. The van der Waals surface area contributed by atoms with Crippen molar-refractivity contribution in [3.63, 3.8) is 0 Å². The van der Waals surface area contributed by atoms with Crippen LogP contribution in [0.15, 0.2) is 30.3 Å². The Morgan fingerprint density at radius 2 is 1.94 bits per heavy atom. The molecule has 0 bridgehead atoms. The van der Waals surface area contributed by atoms with E-state index in [9.17, 15) is 0 Å². The van der Waals surface area contributed by atoms with Gasteiger partial charge in [-0.2, -0.15) is 0 Å². The molecular weight excluding hydrogens is 196 g/mol. The van der Waals surface area contributed by atoms with Gasteiger partial charge in [-0.3, -0.25) is 0 Å². The Hall–Kier alpha value is -0.860. The zero-order valence-electron chi connectivity index (χ0n) is 10.1. The molecule has 2 rings (SSSR count). The largest absolute Gasteiger partial charge is 0.317 e. The van der Waals surface area contributed by atoms with Gasteiger partial charge in [-0.05, 0) is 50.9 Å². The lowest BCUT2D eigenvalue weighted by molar-refractivity contribution is 0.345. The Morgan fingerprint density at radius 3 is 2.62 bits per heavy atom.